The topological polar surface area (TPSA) is 80.0 Å². The zero-order valence-electron chi connectivity index (χ0n) is 14.0. The predicted octanol–water partition coefficient (Wildman–Crippen LogP) is 3.38. The molecule has 2 aromatic heterocycles. The van der Waals surface area contributed by atoms with Crippen LogP contribution in [0.5, 0.6) is 0 Å². The van der Waals surface area contributed by atoms with Crippen LogP contribution in [-0.2, 0) is 13.0 Å². The van der Waals surface area contributed by atoms with Gasteiger partial charge in [-0.1, -0.05) is 18.2 Å². The van der Waals surface area contributed by atoms with Gasteiger partial charge >= 0.3 is 0 Å². The van der Waals surface area contributed by atoms with E-state index in [2.05, 4.69) is 43.5 Å². The van der Waals surface area contributed by atoms with Crippen LogP contribution in [0, 0.1) is 0 Å². The minimum atomic E-state index is 0.0784. The van der Waals surface area contributed by atoms with E-state index in [1.165, 1.54) is 10.4 Å². The molecule has 0 saturated heterocycles. The number of nitrogen functional groups attached to an aromatic ring is 1. The molecule has 1 aliphatic heterocycles. The number of benzene rings is 1. The third kappa shape index (κ3) is 3.47. The molecule has 1 aliphatic rings. The summed E-state index contributed by atoms with van der Waals surface area (Å²) in [5.74, 6) is 1.42. The number of rotatable bonds is 4. The van der Waals surface area contributed by atoms with Gasteiger partial charge in [-0.2, -0.15) is 15.0 Å². The number of thiophene rings is 1. The molecule has 1 atom stereocenters. The molecule has 0 fully saturated rings. The van der Waals surface area contributed by atoms with Crippen molar-refractivity contribution in [3.05, 3.63) is 58.0 Å². The number of fused-ring (bicyclic) bond motifs is 1. The average molecular weight is 352 g/mol. The number of hydrogen-bond acceptors (Lipinski definition) is 7. The molecule has 6 nitrogen and oxygen atoms in total. The summed E-state index contributed by atoms with van der Waals surface area (Å²) in [6.07, 6.45) is 1.08. The lowest BCUT2D eigenvalue weighted by Gasteiger charge is -2.31. The Balaban J connectivity index is 1.55. The first-order valence-electron chi connectivity index (χ1n) is 8.32. The number of anilines is 3. The maximum absolute atomic E-state index is 5.92. The van der Waals surface area contributed by atoms with E-state index in [9.17, 15) is 0 Å². The molecule has 0 radical (unpaired) electrons. The van der Waals surface area contributed by atoms with Crippen molar-refractivity contribution in [2.24, 2.45) is 0 Å². The van der Waals surface area contributed by atoms with Gasteiger partial charge in [-0.15, -0.1) is 11.3 Å². The molecule has 0 saturated carbocycles. The highest BCUT2D eigenvalue weighted by atomic mass is 32.1. The molecule has 3 aromatic rings. The summed E-state index contributed by atoms with van der Waals surface area (Å²) < 4.78 is 0. The van der Waals surface area contributed by atoms with Gasteiger partial charge in [0.25, 0.3) is 0 Å². The second-order valence-electron chi connectivity index (χ2n) is 6.13. The van der Waals surface area contributed by atoms with E-state index < -0.39 is 0 Å². The van der Waals surface area contributed by atoms with E-state index in [4.69, 9.17) is 5.73 Å². The van der Waals surface area contributed by atoms with Gasteiger partial charge in [0, 0.05) is 23.7 Å². The first kappa shape index (κ1) is 16.0. The highest BCUT2D eigenvalue weighted by Gasteiger charge is 2.24. The van der Waals surface area contributed by atoms with Gasteiger partial charge in [-0.25, -0.2) is 0 Å². The van der Waals surface area contributed by atoms with Gasteiger partial charge in [-0.3, -0.25) is 4.90 Å². The van der Waals surface area contributed by atoms with Crippen molar-refractivity contribution in [2.75, 3.05) is 17.6 Å². The van der Waals surface area contributed by atoms with Crippen LogP contribution >= 0.6 is 11.3 Å². The predicted molar refractivity (Wildman–Crippen MR) is 101 cm³/mol. The van der Waals surface area contributed by atoms with Crippen LogP contribution < -0.4 is 11.1 Å². The minimum absolute atomic E-state index is 0.0784. The molecular formula is C18H20N6S. The number of hydrogen-bond donors (Lipinski definition) is 2. The summed E-state index contributed by atoms with van der Waals surface area (Å²) in [5.41, 5.74) is 8.26. The number of para-hydroxylation sites is 1. The standard InChI is InChI=1S/C18H20N6S/c1-12(24-9-7-15-13(11-24)8-10-25-15)16-21-17(19)23-18(22-16)20-14-5-3-2-4-6-14/h2-6,8,10,12H,7,9,11H2,1H3,(H3,19,20,21,22,23)/t12-/m1/s1. The van der Waals surface area contributed by atoms with Gasteiger partial charge in [-0.05, 0) is 42.5 Å². The van der Waals surface area contributed by atoms with Crippen LogP contribution in [0.2, 0.25) is 0 Å². The quantitative estimate of drug-likeness (QED) is 0.749. The fraction of sp³-hybridized carbons (Fsp3) is 0.278. The molecule has 3 N–H and O–H groups in total. The van der Waals surface area contributed by atoms with Crippen LogP contribution in [0.15, 0.2) is 41.8 Å². The second kappa shape index (κ2) is 6.78. The maximum atomic E-state index is 5.92. The zero-order valence-corrected chi connectivity index (χ0v) is 14.8. The smallest absolute Gasteiger partial charge is 0.232 e. The third-order valence-corrected chi connectivity index (χ3v) is 5.48. The molecule has 1 aromatic carbocycles. The first-order valence-corrected chi connectivity index (χ1v) is 9.20. The molecule has 0 aliphatic carbocycles. The van der Waals surface area contributed by atoms with Crippen LogP contribution in [0.25, 0.3) is 0 Å². The van der Waals surface area contributed by atoms with Crippen molar-refractivity contribution in [3.8, 4) is 0 Å². The van der Waals surface area contributed by atoms with E-state index in [1.54, 1.807) is 0 Å². The normalized spacial score (nSPS) is 15.6. The van der Waals surface area contributed by atoms with Crippen LogP contribution in [0.4, 0.5) is 17.6 Å². The molecule has 4 rings (SSSR count). The summed E-state index contributed by atoms with van der Waals surface area (Å²) in [6, 6.07) is 12.1. The molecule has 0 bridgehead atoms. The maximum Gasteiger partial charge on any atom is 0.232 e. The molecule has 25 heavy (non-hydrogen) atoms. The average Bonchev–Trinajstić information content (AvgIpc) is 3.09. The zero-order chi connectivity index (χ0) is 17.2. The van der Waals surface area contributed by atoms with E-state index in [0.717, 1.165) is 25.2 Å². The van der Waals surface area contributed by atoms with Crippen molar-refractivity contribution >= 4 is 28.9 Å². The van der Waals surface area contributed by atoms with Crippen molar-refractivity contribution in [2.45, 2.75) is 25.9 Å². The lowest BCUT2D eigenvalue weighted by Crippen LogP contribution is -2.33. The van der Waals surface area contributed by atoms with Gasteiger partial charge in [0.1, 0.15) is 0 Å². The van der Waals surface area contributed by atoms with Crippen LogP contribution in [-0.4, -0.2) is 26.4 Å². The number of aromatic nitrogens is 3. The molecule has 0 unspecified atom stereocenters. The van der Waals surface area contributed by atoms with Crippen LogP contribution in [0.3, 0.4) is 0 Å². The fourth-order valence-corrected chi connectivity index (χ4v) is 3.96. The molecule has 128 valence electrons. The Hall–Kier alpha value is -2.51. The fourth-order valence-electron chi connectivity index (χ4n) is 3.07. The van der Waals surface area contributed by atoms with E-state index >= 15 is 0 Å². The molecule has 0 amide bonds. The van der Waals surface area contributed by atoms with Crippen molar-refractivity contribution in [1.82, 2.24) is 19.9 Å². The summed E-state index contributed by atoms with van der Waals surface area (Å²) in [6.45, 7) is 4.05. The van der Waals surface area contributed by atoms with Crippen LogP contribution in [0.1, 0.15) is 29.2 Å². The van der Waals surface area contributed by atoms with E-state index in [1.807, 2.05) is 41.7 Å². The Morgan fingerprint density at radius 3 is 2.84 bits per heavy atom. The van der Waals surface area contributed by atoms with Gasteiger partial charge < -0.3 is 11.1 Å². The van der Waals surface area contributed by atoms with Gasteiger partial charge in [0.15, 0.2) is 5.82 Å². The Kier molecular flexibility index (Phi) is 4.33. The van der Waals surface area contributed by atoms with E-state index in [0.29, 0.717) is 11.8 Å². The molecular weight excluding hydrogens is 332 g/mol. The molecule has 7 heteroatoms. The molecule has 3 heterocycles. The highest BCUT2D eigenvalue weighted by molar-refractivity contribution is 7.10. The Morgan fingerprint density at radius 2 is 2.00 bits per heavy atom. The number of nitrogens with zero attached hydrogens (tertiary/aromatic N) is 4. The Morgan fingerprint density at radius 1 is 1.16 bits per heavy atom. The summed E-state index contributed by atoms with van der Waals surface area (Å²) >= 11 is 1.84. The lowest BCUT2D eigenvalue weighted by molar-refractivity contribution is 0.186. The van der Waals surface area contributed by atoms with Gasteiger partial charge in [0.05, 0.1) is 6.04 Å². The summed E-state index contributed by atoms with van der Waals surface area (Å²) in [7, 11) is 0. The van der Waals surface area contributed by atoms with Crippen molar-refractivity contribution in [3.63, 3.8) is 0 Å². The van der Waals surface area contributed by atoms with Crippen molar-refractivity contribution < 1.29 is 0 Å². The monoisotopic (exact) mass is 352 g/mol. The second-order valence-corrected chi connectivity index (χ2v) is 7.13. The van der Waals surface area contributed by atoms with Gasteiger partial charge in [0.2, 0.25) is 11.9 Å². The van der Waals surface area contributed by atoms with Crippen molar-refractivity contribution in [1.29, 1.82) is 0 Å². The number of nitrogens with two attached hydrogens (primary N) is 1. The Labute approximate surface area is 150 Å². The number of nitrogens with one attached hydrogen (secondary N) is 1. The summed E-state index contributed by atoms with van der Waals surface area (Å²) in [4.78, 5) is 17.1. The minimum Gasteiger partial charge on any atom is -0.368 e. The largest absolute Gasteiger partial charge is 0.368 e. The Bertz CT molecular complexity index is 863. The first-order chi connectivity index (χ1) is 12.2. The SMILES string of the molecule is C[C@H](c1nc(N)nc(Nc2ccccc2)n1)N1CCc2sccc2C1. The van der Waals surface area contributed by atoms with E-state index in [-0.39, 0.29) is 12.0 Å². The summed E-state index contributed by atoms with van der Waals surface area (Å²) in [5, 5.41) is 5.36. The third-order valence-electron chi connectivity index (χ3n) is 4.46. The molecule has 0 spiro atoms. The highest BCUT2D eigenvalue weighted by Crippen LogP contribution is 2.29. The lowest BCUT2D eigenvalue weighted by atomic mass is 10.1.